The van der Waals surface area contributed by atoms with Gasteiger partial charge in [-0.3, -0.25) is 0 Å². The summed E-state index contributed by atoms with van der Waals surface area (Å²) in [5.74, 6) is 0.137. The lowest BCUT2D eigenvalue weighted by atomic mass is 10.1. The molecule has 6 heteroatoms. The topological polar surface area (TPSA) is 68.5 Å². The lowest BCUT2D eigenvalue weighted by Gasteiger charge is -2.19. The first-order valence-corrected chi connectivity index (χ1v) is 8.90. The van der Waals surface area contributed by atoms with Crippen LogP contribution in [0.2, 0.25) is 0 Å². The van der Waals surface area contributed by atoms with E-state index in [2.05, 4.69) is 9.38 Å². The number of aryl methyl sites for hydroxylation is 1. The van der Waals surface area contributed by atoms with Crippen molar-refractivity contribution in [1.82, 2.24) is 4.98 Å². The van der Waals surface area contributed by atoms with Gasteiger partial charge in [-0.05, 0) is 52.3 Å². The molecule has 1 atom stereocenters. The van der Waals surface area contributed by atoms with Gasteiger partial charge in [0.2, 0.25) is 0 Å². The summed E-state index contributed by atoms with van der Waals surface area (Å²) in [6.07, 6.45) is 0. The number of phenols is 1. The van der Waals surface area contributed by atoms with Gasteiger partial charge in [-0.1, -0.05) is 10.5 Å². The monoisotopic (exact) mass is 336 g/mol. The Kier molecular flexibility index (Phi) is 4.94. The zero-order valence-corrected chi connectivity index (χ0v) is 15.0. The molecule has 4 nitrogen and oxygen atoms in total. The van der Waals surface area contributed by atoms with E-state index >= 15 is 0 Å². The van der Waals surface area contributed by atoms with Crippen molar-refractivity contribution in [2.75, 3.05) is 0 Å². The van der Waals surface area contributed by atoms with Crippen LogP contribution in [-0.2, 0) is 11.4 Å². The van der Waals surface area contributed by atoms with Gasteiger partial charge in [0.1, 0.15) is 21.9 Å². The molecular formula is C16H20N2O2S2. The summed E-state index contributed by atoms with van der Waals surface area (Å²) in [7, 11) is 0. The van der Waals surface area contributed by atoms with Crippen molar-refractivity contribution in [2.45, 2.75) is 39.4 Å². The van der Waals surface area contributed by atoms with Gasteiger partial charge in [-0.15, -0.1) is 11.3 Å². The van der Waals surface area contributed by atoms with Crippen LogP contribution in [0.4, 0.5) is 0 Å². The average molecular weight is 336 g/mol. The quantitative estimate of drug-likeness (QED) is 0.678. The molecule has 1 heterocycles. The summed E-state index contributed by atoms with van der Waals surface area (Å²) in [5.41, 5.74) is 4.82. The Labute approximate surface area is 138 Å². The minimum Gasteiger partial charge on any atom is -0.591 e. The van der Waals surface area contributed by atoms with Gasteiger partial charge in [0.25, 0.3) is 0 Å². The summed E-state index contributed by atoms with van der Waals surface area (Å²) >= 11 is 0.193. The summed E-state index contributed by atoms with van der Waals surface area (Å²) in [6, 6.07) is 5.44. The third-order valence-electron chi connectivity index (χ3n) is 3.14. The van der Waals surface area contributed by atoms with Crippen molar-refractivity contribution < 1.29 is 9.66 Å². The molecule has 0 aliphatic carbocycles. The van der Waals surface area contributed by atoms with E-state index in [0.717, 1.165) is 16.1 Å². The van der Waals surface area contributed by atoms with Crippen molar-refractivity contribution in [2.24, 2.45) is 4.40 Å². The second-order valence-corrected chi connectivity index (χ2v) is 8.80. The van der Waals surface area contributed by atoms with Crippen molar-refractivity contribution in [3.05, 3.63) is 35.0 Å². The zero-order valence-electron chi connectivity index (χ0n) is 13.4. The largest absolute Gasteiger partial charge is 0.591 e. The molecule has 0 aliphatic rings. The summed E-state index contributed by atoms with van der Waals surface area (Å²) in [6.45, 7) is 9.31. The maximum atomic E-state index is 12.1. The summed E-state index contributed by atoms with van der Waals surface area (Å²) in [4.78, 5) is 5.26. The molecule has 0 saturated carbocycles. The van der Waals surface area contributed by atoms with Crippen molar-refractivity contribution in [3.63, 3.8) is 0 Å². The molecule has 0 bridgehead atoms. The number of benzene rings is 1. The fraction of sp³-hybridized carbons (Fsp3) is 0.375. The zero-order chi connectivity index (χ0) is 16.5. The first kappa shape index (κ1) is 17.0. The highest BCUT2D eigenvalue weighted by Crippen LogP contribution is 2.32. The van der Waals surface area contributed by atoms with E-state index in [-0.39, 0.29) is 5.75 Å². The van der Waals surface area contributed by atoms with Crippen molar-refractivity contribution in [1.29, 1.82) is 0 Å². The van der Waals surface area contributed by atoms with Gasteiger partial charge in [-0.25, -0.2) is 4.98 Å². The van der Waals surface area contributed by atoms with Gasteiger partial charge >= 0.3 is 0 Å². The molecule has 1 aromatic carbocycles. The van der Waals surface area contributed by atoms with Crippen molar-refractivity contribution >= 4 is 28.4 Å². The summed E-state index contributed by atoms with van der Waals surface area (Å²) in [5, 5.41) is 10.3. The van der Waals surface area contributed by atoms with E-state index < -0.39 is 16.1 Å². The van der Waals surface area contributed by atoms with Crippen LogP contribution in [0.5, 0.6) is 5.75 Å². The Morgan fingerprint density at radius 2 is 2.05 bits per heavy atom. The van der Waals surface area contributed by atoms with E-state index in [1.165, 1.54) is 11.3 Å². The van der Waals surface area contributed by atoms with E-state index in [1.807, 2.05) is 39.8 Å². The number of nitrogens with zero attached hydrogens (tertiary/aromatic N) is 2. The number of aromatic hydroxyl groups is 1. The van der Waals surface area contributed by atoms with Gasteiger partial charge < -0.3 is 9.66 Å². The predicted molar refractivity (Wildman–Crippen MR) is 94.1 cm³/mol. The predicted octanol–water partition coefficient (Wildman–Crippen LogP) is 4.10. The lowest BCUT2D eigenvalue weighted by Crippen LogP contribution is -2.26. The molecule has 1 aromatic heterocycles. The fourth-order valence-corrected chi connectivity index (χ4v) is 3.29. The Balaban J connectivity index is 2.35. The molecule has 0 amide bonds. The third kappa shape index (κ3) is 3.69. The minimum absolute atomic E-state index is 0.137. The van der Waals surface area contributed by atoms with Crippen LogP contribution >= 0.6 is 11.3 Å². The first-order valence-electron chi connectivity index (χ1n) is 6.91. The number of phenolic OH excluding ortho intramolecular Hbond substituents is 1. The van der Waals surface area contributed by atoms with E-state index in [1.54, 1.807) is 18.5 Å². The maximum absolute atomic E-state index is 12.1. The van der Waals surface area contributed by atoms with Gasteiger partial charge in [0, 0.05) is 5.56 Å². The van der Waals surface area contributed by atoms with Crippen LogP contribution in [0.3, 0.4) is 0 Å². The molecule has 0 aliphatic heterocycles. The smallest absolute Gasteiger partial charge is 0.144 e. The number of hydrogen-bond acceptors (Lipinski definition) is 5. The fourth-order valence-electron chi connectivity index (χ4n) is 1.87. The van der Waals surface area contributed by atoms with E-state index in [9.17, 15) is 9.66 Å². The highest BCUT2D eigenvalue weighted by molar-refractivity contribution is 7.91. The Morgan fingerprint density at radius 3 is 2.55 bits per heavy atom. The highest BCUT2D eigenvalue weighted by Gasteiger charge is 2.27. The third-order valence-corrected chi connectivity index (χ3v) is 5.60. The standard InChI is InChI=1S/C16H20N2O2S2/c1-10(18-22(20)16(3,4)5)13-7-6-12(8-14(13)19)15-11(2)17-9-21-15/h6-9,19H,1-5H3. The van der Waals surface area contributed by atoms with Gasteiger partial charge in [0.05, 0.1) is 21.8 Å². The van der Waals surface area contributed by atoms with Crippen molar-refractivity contribution in [3.8, 4) is 16.2 Å². The van der Waals surface area contributed by atoms with Crippen LogP contribution in [0, 0.1) is 6.92 Å². The number of aromatic nitrogens is 1. The lowest BCUT2D eigenvalue weighted by molar-refractivity contribution is 0.474. The Hall–Kier alpha value is -1.37. The second-order valence-electron chi connectivity index (χ2n) is 6.04. The SMILES string of the molecule is CC(=N[S+]([O-])C(C)(C)C)c1ccc(-c2scnc2C)cc1O. The maximum Gasteiger partial charge on any atom is 0.144 e. The summed E-state index contributed by atoms with van der Waals surface area (Å²) < 4.78 is 15.9. The first-order chi connectivity index (χ1) is 10.2. The molecule has 0 fully saturated rings. The molecule has 2 aromatic rings. The van der Waals surface area contributed by atoms with E-state index in [0.29, 0.717) is 11.3 Å². The molecule has 1 N–H and O–H groups in total. The van der Waals surface area contributed by atoms with Crippen LogP contribution in [0.25, 0.3) is 10.4 Å². The number of rotatable bonds is 3. The molecule has 1 unspecified atom stereocenters. The van der Waals surface area contributed by atoms with E-state index in [4.69, 9.17) is 0 Å². The average Bonchev–Trinajstić information content (AvgIpc) is 2.83. The Morgan fingerprint density at radius 1 is 1.36 bits per heavy atom. The molecule has 118 valence electrons. The van der Waals surface area contributed by atoms with Crippen LogP contribution in [-0.4, -0.2) is 25.1 Å². The van der Waals surface area contributed by atoms with Gasteiger partial charge in [0.15, 0.2) is 0 Å². The minimum atomic E-state index is -1.35. The molecule has 22 heavy (non-hydrogen) atoms. The molecule has 2 rings (SSSR count). The number of thiazole rings is 1. The normalized spacial score (nSPS) is 14.2. The molecule has 0 saturated heterocycles. The van der Waals surface area contributed by atoms with Crippen LogP contribution in [0.15, 0.2) is 28.1 Å². The van der Waals surface area contributed by atoms with Crippen LogP contribution < -0.4 is 0 Å². The second kappa shape index (κ2) is 6.40. The molecular weight excluding hydrogens is 316 g/mol. The molecule has 0 spiro atoms. The highest BCUT2D eigenvalue weighted by atomic mass is 32.2. The van der Waals surface area contributed by atoms with Gasteiger partial charge in [-0.2, -0.15) is 0 Å². The number of hydrogen-bond donors (Lipinski definition) is 1. The van der Waals surface area contributed by atoms with Crippen LogP contribution in [0.1, 0.15) is 39.0 Å². The molecule has 0 radical (unpaired) electrons. The Bertz CT molecular complexity index is 702.